The number of benzene rings is 2. The average molecular weight is 368 g/mol. The summed E-state index contributed by atoms with van der Waals surface area (Å²) in [5.41, 5.74) is 1.15. The number of nitrogens with one attached hydrogen (secondary N) is 2. The number of hydrogen-bond acceptors (Lipinski definition) is 3. The normalized spacial score (nSPS) is 10.9. The highest BCUT2D eigenvalue weighted by atomic mass is 35.5. The van der Waals surface area contributed by atoms with Gasteiger partial charge >= 0.3 is 6.03 Å². The maximum absolute atomic E-state index is 11.9. The van der Waals surface area contributed by atoms with Crippen LogP contribution >= 0.6 is 11.6 Å². The molecule has 0 aromatic heterocycles. The first-order chi connectivity index (χ1) is 11.4. The van der Waals surface area contributed by atoms with E-state index in [4.69, 9.17) is 11.6 Å². The van der Waals surface area contributed by atoms with E-state index in [9.17, 15) is 13.2 Å². The van der Waals surface area contributed by atoms with Crippen molar-refractivity contribution < 1.29 is 13.2 Å². The Kier molecular flexibility index (Phi) is 6.05. The summed E-state index contributed by atoms with van der Waals surface area (Å²) < 4.78 is 25.1. The van der Waals surface area contributed by atoms with Gasteiger partial charge in [-0.3, -0.25) is 4.31 Å². The van der Waals surface area contributed by atoms with Gasteiger partial charge in [-0.1, -0.05) is 29.8 Å². The van der Waals surface area contributed by atoms with E-state index in [-0.39, 0.29) is 13.1 Å². The summed E-state index contributed by atoms with van der Waals surface area (Å²) in [4.78, 5) is 11.8. The molecule has 8 heteroatoms. The van der Waals surface area contributed by atoms with Crippen molar-refractivity contribution in [3.63, 3.8) is 0 Å². The molecule has 2 rings (SSSR count). The van der Waals surface area contributed by atoms with Gasteiger partial charge in [0.1, 0.15) is 0 Å². The summed E-state index contributed by atoms with van der Waals surface area (Å²) in [7, 11) is -3.47. The first-order valence-corrected chi connectivity index (χ1v) is 9.42. The first-order valence-electron chi connectivity index (χ1n) is 7.19. The van der Waals surface area contributed by atoms with Gasteiger partial charge in [0, 0.05) is 17.3 Å². The number of carbonyl (C=O) groups is 1. The van der Waals surface area contributed by atoms with E-state index in [1.807, 2.05) is 18.2 Å². The predicted molar refractivity (Wildman–Crippen MR) is 97.1 cm³/mol. The molecule has 2 amide bonds. The van der Waals surface area contributed by atoms with Crippen molar-refractivity contribution in [2.24, 2.45) is 0 Å². The van der Waals surface area contributed by atoms with Crippen LogP contribution in [0.5, 0.6) is 0 Å². The van der Waals surface area contributed by atoms with Crippen molar-refractivity contribution in [3.8, 4) is 0 Å². The second-order valence-electron chi connectivity index (χ2n) is 5.06. The molecule has 0 aliphatic heterocycles. The Hall–Kier alpha value is -2.25. The minimum absolute atomic E-state index is 0.114. The number of rotatable bonds is 6. The zero-order chi connectivity index (χ0) is 17.6. The fourth-order valence-electron chi connectivity index (χ4n) is 2.06. The fraction of sp³-hybridized carbons (Fsp3) is 0.188. The Morgan fingerprint density at radius 2 is 1.71 bits per heavy atom. The van der Waals surface area contributed by atoms with Crippen LogP contribution in [0.3, 0.4) is 0 Å². The molecule has 0 atom stereocenters. The number of carbonyl (C=O) groups excluding carboxylic acids is 1. The smallest absolute Gasteiger partial charge is 0.319 e. The lowest BCUT2D eigenvalue weighted by Gasteiger charge is -2.22. The Bertz CT molecular complexity index is 780. The minimum atomic E-state index is -3.47. The van der Waals surface area contributed by atoms with Gasteiger partial charge in [-0.05, 0) is 36.4 Å². The maximum Gasteiger partial charge on any atom is 0.319 e. The van der Waals surface area contributed by atoms with Crippen molar-refractivity contribution in [2.75, 3.05) is 29.0 Å². The monoisotopic (exact) mass is 367 g/mol. The summed E-state index contributed by atoms with van der Waals surface area (Å²) in [6.45, 7) is 0.275. The molecule has 0 bridgehead atoms. The maximum atomic E-state index is 11.9. The minimum Gasteiger partial charge on any atom is -0.336 e. The molecule has 128 valence electrons. The van der Waals surface area contributed by atoms with Crippen molar-refractivity contribution in [2.45, 2.75) is 0 Å². The molecule has 2 aromatic rings. The highest BCUT2D eigenvalue weighted by molar-refractivity contribution is 7.92. The average Bonchev–Trinajstić information content (AvgIpc) is 2.52. The van der Waals surface area contributed by atoms with E-state index in [0.29, 0.717) is 16.4 Å². The zero-order valence-corrected chi connectivity index (χ0v) is 14.6. The topological polar surface area (TPSA) is 78.5 Å². The van der Waals surface area contributed by atoms with Gasteiger partial charge in [0.25, 0.3) is 0 Å². The van der Waals surface area contributed by atoms with Crippen molar-refractivity contribution in [3.05, 3.63) is 59.6 Å². The molecule has 0 unspecified atom stereocenters. The van der Waals surface area contributed by atoms with Gasteiger partial charge in [0.15, 0.2) is 0 Å². The van der Waals surface area contributed by atoms with Crippen LogP contribution < -0.4 is 14.9 Å². The van der Waals surface area contributed by atoms with Crippen molar-refractivity contribution >= 4 is 39.0 Å². The van der Waals surface area contributed by atoms with Crippen LogP contribution in [-0.2, 0) is 10.0 Å². The van der Waals surface area contributed by atoms with Crippen molar-refractivity contribution in [1.82, 2.24) is 5.32 Å². The quantitative estimate of drug-likeness (QED) is 0.823. The molecular weight excluding hydrogens is 350 g/mol. The number of anilines is 2. The van der Waals surface area contributed by atoms with Crippen LogP contribution in [-0.4, -0.2) is 33.8 Å². The van der Waals surface area contributed by atoms with Crippen LogP contribution in [0.2, 0.25) is 5.02 Å². The highest BCUT2D eigenvalue weighted by Gasteiger charge is 2.17. The van der Waals surface area contributed by atoms with Crippen LogP contribution in [0.25, 0.3) is 0 Å². The molecule has 24 heavy (non-hydrogen) atoms. The lowest BCUT2D eigenvalue weighted by molar-refractivity contribution is 0.252. The number of urea groups is 1. The third-order valence-corrected chi connectivity index (χ3v) is 4.59. The number of nitrogens with zero attached hydrogens (tertiary/aromatic N) is 1. The molecule has 2 N–H and O–H groups in total. The van der Waals surface area contributed by atoms with Gasteiger partial charge in [0.05, 0.1) is 18.5 Å². The molecule has 0 heterocycles. The largest absolute Gasteiger partial charge is 0.336 e. The summed E-state index contributed by atoms with van der Waals surface area (Å²) >= 11 is 5.82. The van der Waals surface area contributed by atoms with E-state index in [0.717, 1.165) is 6.26 Å². The van der Waals surface area contributed by atoms with Crippen molar-refractivity contribution in [1.29, 1.82) is 0 Å². The molecule has 0 saturated carbocycles. The molecular formula is C16H18ClN3O3S. The number of halogens is 1. The van der Waals surface area contributed by atoms with E-state index in [1.165, 1.54) is 4.31 Å². The molecule has 0 spiro atoms. The third kappa shape index (κ3) is 5.43. The number of amides is 2. The van der Waals surface area contributed by atoms with E-state index in [2.05, 4.69) is 10.6 Å². The summed E-state index contributed by atoms with van der Waals surface area (Å²) in [6.07, 6.45) is 1.12. The van der Waals surface area contributed by atoms with Crippen LogP contribution in [0.1, 0.15) is 0 Å². The molecule has 0 aliphatic rings. The first kappa shape index (κ1) is 18.1. The van der Waals surface area contributed by atoms with Gasteiger partial charge in [-0.25, -0.2) is 13.2 Å². The Balaban J connectivity index is 1.94. The third-order valence-electron chi connectivity index (χ3n) is 3.15. The molecule has 0 saturated heterocycles. The van der Waals surface area contributed by atoms with Gasteiger partial charge < -0.3 is 10.6 Å². The lowest BCUT2D eigenvalue weighted by atomic mass is 10.3. The summed E-state index contributed by atoms with van der Waals surface area (Å²) in [5, 5.41) is 5.82. The number of hydrogen-bond donors (Lipinski definition) is 2. The molecule has 0 fully saturated rings. The molecule has 2 aromatic carbocycles. The molecule has 0 aliphatic carbocycles. The van der Waals surface area contributed by atoms with E-state index >= 15 is 0 Å². The van der Waals surface area contributed by atoms with Crippen LogP contribution in [0.15, 0.2) is 54.6 Å². The fourth-order valence-corrected chi connectivity index (χ4v) is 3.12. The number of sulfonamides is 1. The van der Waals surface area contributed by atoms with Gasteiger partial charge in [0.2, 0.25) is 10.0 Å². The van der Waals surface area contributed by atoms with E-state index < -0.39 is 16.1 Å². The number of para-hydroxylation sites is 1. The second-order valence-corrected chi connectivity index (χ2v) is 7.40. The second kappa shape index (κ2) is 8.03. The summed E-state index contributed by atoms with van der Waals surface area (Å²) in [5.74, 6) is 0. The molecule has 6 nitrogen and oxygen atoms in total. The Morgan fingerprint density at radius 1 is 1.08 bits per heavy atom. The SMILES string of the molecule is CS(=O)(=O)N(CCNC(=O)Nc1ccccc1)c1ccc(Cl)cc1. The van der Waals surface area contributed by atoms with E-state index in [1.54, 1.807) is 36.4 Å². The predicted octanol–water partition coefficient (Wildman–Crippen LogP) is 2.93. The summed E-state index contributed by atoms with van der Waals surface area (Å²) in [6, 6.07) is 15.1. The highest BCUT2D eigenvalue weighted by Crippen LogP contribution is 2.19. The van der Waals surface area contributed by atoms with Gasteiger partial charge in [-0.2, -0.15) is 0 Å². The Labute approximate surface area is 146 Å². The van der Waals surface area contributed by atoms with Crippen LogP contribution in [0, 0.1) is 0 Å². The molecule has 0 radical (unpaired) electrons. The Morgan fingerprint density at radius 3 is 2.29 bits per heavy atom. The standard InChI is InChI=1S/C16H18ClN3O3S/c1-24(22,23)20(15-9-7-13(17)8-10-15)12-11-18-16(21)19-14-5-3-2-4-6-14/h2-10H,11-12H2,1H3,(H2,18,19,21). The van der Waals surface area contributed by atoms with Crippen LogP contribution in [0.4, 0.5) is 16.2 Å². The lowest BCUT2D eigenvalue weighted by Crippen LogP contribution is -2.39. The zero-order valence-electron chi connectivity index (χ0n) is 13.1. The van der Waals surface area contributed by atoms with Gasteiger partial charge in [-0.15, -0.1) is 0 Å².